The van der Waals surface area contributed by atoms with Crippen LogP contribution < -0.4 is 5.32 Å². The molecule has 17 heavy (non-hydrogen) atoms. The van der Waals surface area contributed by atoms with Crippen molar-refractivity contribution in [2.24, 2.45) is 0 Å². The maximum absolute atomic E-state index is 11.2. The molecule has 1 rings (SSSR count). The summed E-state index contributed by atoms with van der Waals surface area (Å²) >= 11 is 3.26. The van der Waals surface area contributed by atoms with Crippen LogP contribution >= 0.6 is 15.9 Å². The Kier molecular flexibility index (Phi) is 5.90. The molecule has 1 aromatic rings. The Labute approximate surface area is 109 Å². The third-order valence-electron chi connectivity index (χ3n) is 2.08. The monoisotopic (exact) mass is 301 g/mol. The van der Waals surface area contributed by atoms with Crippen LogP contribution in [-0.2, 0) is 9.53 Å². The van der Waals surface area contributed by atoms with Crippen molar-refractivity contribution >= 4 is 27.8 Å². The first-order valence-electron chi connectivity index (χ1n) is 5.51. The first kappa shape index (κ1) is 13.9. The normalized spacial score (nSPS) is 11.9. The van der Waals surface area contributed by atoms with Gasteiger partial charge in [-0.2, -0.15) is 0 Å². The standard InChI is InChI=1S/C11H16BrN3O2/c1-3-17-10(16)5-4-8(2)15-11-13-6-9(12)7-14-11/h6-8H,3-5H2,1-2H3,(H,13,14,15). The van der Waals surface area contributed by atoms with Gasteiger partial charge < -0.3 is 10.1 Å². The van der Waals surface area contributed by atoms with Crippen LogP contribution in [0.5, 0.6) is 0 Å². The summed E-state index contributed by atoms with van der Waals surface area (Å²) in [5.41, 5.74) is 0. The van der Waals surface area contributed by atoms with Gasteiger partial charge in [0.25, 0.3) is 0 Å². The average Bonchev–Trinajstić information content (AvgIpc) is 2.30. The van der Waals surface area contributed by atoms with Crippen LogP contribution in [0.2, 0.25) is 0 Å². The molecule has 0 radical (unpaired) electrons. The highest BCUT2D eigenvalue weighted by molar-refractivity contribution is 9.10. The average molecular weight is 302 g/mol. The highest BCUT2D eigenvalue weighted by atomic mass is 79.9. The lowest BCUT2D eigenvalue weighted by atomic mass is 10.2. The number of nitrogens with zero attached hydrogens (tertiary/aromatic N) is 2. The van der Waals surface area contributed by atoms with E-state index in [-0.39, 0.29) is 12.0 Å². The van der Waals surface area contributed by atoms with Crippen LogP contribution in [0.15, 0.2) is 16.9 Å². The largest absolute Gasteiger partial charge is 0.466 e. The van der Waals surface area contributed by atoms with Gasteiger partial charge >= 0.3 is 5.97 Å². The highest BCUT2D eigenvalue weighted by Crippen LogP contribution is 2.09. The zero-order chi connectivity index (χ0) is 12.7. The van der Waals surface area contributed by atoms with E-state index in [9.17, 15) is 4.79 Å². The topological polar surface area (TPSA) is 64.1 Å². The van der Waals surface area contributed by atoms with Gasteiger partial charge in [-0.1, -0.05) is 0 Å². The molecule has 94 valence electrons. The second-order valence-electron chi connectivity index (χ2n) is 3.61. The van der Waals surface area contributed by atoms with Gasteiger partial charge in [0.15, 0.2) is 0 Å². The van der Waals surface area contributed by atoms with E-state index in [0.717, 1.165) is 4.47 Å². The lowest BCUT2D eigenvalue weighted by Crippen LogP contribution is -2.19. The number of rotatable bonds is 6. The Bertz CT molecular complexity index is 356. The number of ether oxygens (including phenoxy) is 1. The zero-order valence-corrected chi connectivity index (χ0v) is 11.5. The zero-order valence-electron chi connectivity index (χ0n) is 9.94. The maximum atomic E-state index is 11.2. The predicted molar refractivity (Wildman–Crippen MR) is 68.7 cm³/mol. The summed E-state index contributed by atoms with van der Waals surface area (Å²) in [5, 5.41) is 3.12. The fraction of sp³-hybridized carbons (Fsp3) is 0.545. The summed E-state index contributed by atoms with van der Waals surface area (Å²) in [6.45, 7) is 4.20. The molecule has 0 aliphatic heterocycles. The maximum Gasteiger partial charge on any atom is 0.305 e. The van der Waals surface area contributed by atoms with Crippen molar-refractivity contribution in [1.29, 1.82) is 0 Å². The first-order chi connectivity index (χ1) is 8.11. The van der Waals surface area contributed by atoms with Gasteiger partial charge in [0.2, 0.25) is 5.95 Å². The number of nitrogens with one attached hydrogen (secondary N) is 1. The molecule has 6 heteroatoms. The van der Waals surface area contributed by atoms with Gasteiger partial charge in [-0.05, 0) is 36.2 Å². The molecule has 0 spiro atoms. The van der Waals surface area contributed by atoms with Crippen LogP contribution in [-0.4, -0.2) is 28.6 Å². The highest BCUT2D eigenvalue weighted by Gasteiger charge is 2.08. The molecule has 5 nitrogen and oxygen atoms in total. The molecule has 0 saturated heterocycles. The molecule has 1 atom stereocenters. The lowest BCUT2D eigenvalue weighted by molar-refractivity contribution is -0.143. The molecule has 1 unspecified atom stereocenters. The molecule has 0 aliphatic rings. The van der Waals surface area contributed by atoms with E-state index in [0.29, 0.717) is 25.4 Å². The van der Waals surface area contributed by atoms with E-state index in [1.165, 1.54) is 0 Å². The molecule has 0 aromatic carbocycles. The van der Waals surface area contributed by atoms with Crippen molar-refractivity contribution in [3.05, 3.63) is 16.9 Å². The molecule has 0 saturated carbocycles. The predicted octanol–water partition coefficient (Wildman–Crippen LogP) is 2.38. The third kappa shape index (κ3) is 5.63. The number of carbonyl (C=O) groups excluding carboxylic acids is 1. The van der Waals surface area contributed by atoms with Crippen molar-refractivity contribution < 1.29 is 9.53 Å². The Morgan fingerprint density at radius 1 is 1.53 bits per heavy atom. The molecule has 1 heterocycles. The van der Waals surface area contributed by atoms with Gasteiger partial charge in [-0.15, -0.1) is 0 Å². The summed E-state index contributed by atoms with van der Waals surface area (Å²) in [6.07, 6.45) is 4.44. The molecular formula is C11H16BrN3O2. The summed E-state index contributed by atoms with van der Waals surface area (Å²) in [7, 11) is 0. The smallest absolute Gasteiger partial charge is 0.305 e. The van der Waals surface area contributed by atoms with Crippen LogP contribution in [0.4, 0.5) is 5.95 Å². The molecule has 0 bridgehead atoms. The van der Waals surface area contributed by atoms with Gasteiger partial charge in [-0.25, -0.2) is 9.97 Å². The molecular weight excluding hydrogens is 286 g/mol. The van der Waals surface area contributed by atoms with E-state index in [1.807, 2.05) is 6.92 Å². The van der Waals surface area contributed by atoms with Crippen molar-refractivity contribution in [2.75, 3.05) is 11.9 Å². The lowest BCUT2D eigenvalue weighted by Gasteiger charge is -2.12. The quantitative estimate of drug-likeness (QED) is 0.817. The summed E-state index contributed by atoms with van der Waals surface area (Å²) in [6, 6.07) is 0.126. The molecule has 0 fully saturated rings. The minimum Gasteiger partial charge on any atom is -0.466 e. The van der Waals surface area contributed by atoms with E-state index in [2.05, 4.69) is 31.2 Å². The molecule has 0 aliphatic carbocycles. The number of halogens is 1. The van der Waals surface area contributed by atoms with Crippen molar-refractivity contribution in [2.45, 2.75) is 32.7 Å². The van der Waals surface area contributed by atoms with E-state index < -0.39 is 0 Å². The molecule has 1 aromatic heterocycles. The Balaban J connectivity index is 2.31. The van der Waals surface area contributed by atoms with Crippen molar-refractivity contribution in [1.82, 2.24) is 9.97 Å². The van der Waals surface area contributed by atoms with Crippen LogP contribution in [0.1, 0.15) is 26.7 Å². The molecule has 1 N–H and O–H groups in total. The van der Waals surface area contributed by atoms with Gasteiger partial charge in [0.05, 0.1) is 11.1 Å². The number of carbonyl (C=O) groups is 1. The number of aromatic nitrogens is 2. The van der Waals surface area contributed by atoms with Gasteiger partial charge in [0.1, 0.15) is 0 Å². The minimum absolute atomic E-state index is 0.126. The Morgan fingerprint density at radius 3 is 2.76 bits per heavy atom. The van der Waals surface area contributed by atoms with Crippen molar-refractivity contribution in [3.8, 4) is 0 Å². The Morgan fingerprint density at radius 2 is 2.18 bits per heavy atom. The minimum atomic E-state index is -0.169. The summed E-state index contributed by atoms with van der Waals surface area (Å²) in [5.74, 6) is 0.391. The van der Waals surface area contributed by atoms with E-state index >= 15 is 0 Å². The van der Waals surface area contributed by atoms with Gasteiger partial charge in [-0.3, -0.25) is 4.79 Å². The third-order valence-corrected chi connectivity index (χ3v) is 2.49. The summed E-state index contributed by atoms with van der Waals surface area (Å²) < 4.78 is 5.69. The van der Waals surface area contributed by atoms with Crippen LogP contribution in [0.25, 0.3) is 0 Å². The first-order valence-corrected chi connectivity index (χ1v) is 6.30. The fourth-order valence-electron chi connectivity index (χ4n) is 1.25. The second-order valence-corrected chi connectivity index (χ2v) is 4.53. The van der Waals surface area contributed by atoms with E-state index in [4.69, 9.17) is 4.74 Å². The Hall–Kier alpha value is -1.17. The number of anilines is 1. The van der Waals surface area contributed by atoms with E-state index in [1.54, 1.807) is 19.3 Å². The number of hydrogen-bond acceptors (Lipinski definition) is 5. The van der Waals surface area contributed by atoms with Gasteiger partial charge in [0, 0.05) is 24.9 Å². The van der Waals surface area contributed by atoms with Crippen molar-refractivity contribution in [3.63, 3.8) is 0 Å². The molecule has 0 amide bonds. The fourth-order valence-corrected chi connectivity index (χ4v) is 1.45. The van der Waals surface area contributed by atoms with Crippen LogP contribution in [0.3, 0.4) is 0 Å². The SMILES string of the molecule is CCOC(=O)CCC(C)Nc1ncc(Br)cn1. The number of esters is 1. The summed E-state index contributed by atoms with van der Waals surface area (Å²) in [4.78, 5) is 19.3. The number of hydrogen-bond donors (Lipinski definition) is 1. The van der Waals surface area contributed by atoms with Crippen LogP contribution in [0, 0.1) is 0 Å². The second kappa shape index (κ2) is 7.21.